The number of unbranched alkanes of at least 4 members (excludes halogenated alkanes) is 1. The molecular weight excluding hydrogens is 452 g/mol. The molecule has 0 aliphatic carbocycles. The van der Waals surface area contributed by atoms with Gasteiger partial charge in [-0.05, 0) is 58.1 Å². The van der Waals surface area contributed by atoms with Crippen LogP contribution in [0.4, 0.5) is 18.9 Å². The summed E-state index contributed by atoms with van der Waals surface area (Å²) in [6.45, 7) is 8.78. The topological polar surface area (TPSA) is 35.5 Å². The average Bonchev–Trinajstić information content (AvgIpc) is 2.57. The van der Waals surface area contributed by atoms with Crippen LogP contribution in [-0.4, -0.2) is 30.6 Å². The molecule has 0 aliphatic rings. The molecule has 0 aliphatic heterocycles. The van der Waals surface area contributed by atoms with Gasteiger partial charge < -0.3 is 14.7 Å². The summed E-state index contributed by atoms with van der Waals surface area (Å²) >= 11 is 13.7. The molecule has 1 aromatic rings. The Morgan fingerprint density at radius 3 is 2.29 bits per heavy atom. The maximum Gasteiger partial charge on any atom is 0.419 e. The van der Waals surface area contributed by atoms with Crippen LogP contribution >= 0.6 is 46.9 Å². The molecule has 0 bridgehead atoms. The largest absolute Gasteiger partial charge is 0.507 e. The van der Waals surface area contributed by atoms with Crippen molar-refractivity contribution in [2.45, 2.75) is 32.9 Å². The monoisotopic (exact) mass is 476 g/mol. The first-order chi connectivity index (χ1) is 12.9. The van der Waals surface area contributed by atoms with E-state index in [9.17, 15) is 18.3 Å². The van der Waals surface area contributed by atoms with Crippen molar-refractivity contribution in [3.05, 3.63) is 44.0 Å². The van der Waals surface area contributed by atoms with Crippen LogP contribution in [0.25, 0.3) is 0 Å². The molecule has 1 rings (SSSR count). The Labute approximate surface area is 183 Å². The number of nitrogens with zero attached hydrogens (tertiary/aromatic N) is 1. The van der Waals surface area contributed by atoms with Crippen molar-refractivity contribution in [2.75, 3.05) is 25.4 Å². The van der Waals surface area contributed by atoms with Crippen molar-refractivity contribution in [3.8, 4) is 5.75 Å². The molecule has 0 atom stereocenters. The minimum atomic E-state index is -4.59. The predicted octanol–water partition coefficient (Wildman–Crippen LogP) is 7.69. The second kappa shape index (κ2) is 13.5. The summed E-state index contributed by atoms with van der Waals surface area (Å²) in [7, 11) is 4.21. The van der Waals surface area contributed by atoms with Crippen molar-refractivity contribution < 1.29 is 18.3 Å². The van der Waals surface area contributed by atoms with Gasteiger partial charge in [-0.1, -0.05) is 54.9 Å². The van der Waals surface area contributed by atoms with Gasteiger partial charge in [0.1, 0.15) is 5.75 Å². The maximum atomic E-state index is 12.5. The molecule has 10 heteroatoms. The van der Waals surface area contributed by atoms with Gasteiger partial charge in [-0.25, -0.2) is 0 Å². The standard InChI is InChI=1S/C12H10Cl2F3NOS2.C6H15N/c1-6(13)11(14)20-7(2)21-18-8-3-4-9(10(19)5-8)12(15,16)17;1-4-5-6-7(2)3/h3-5,18-19H,2H2,1H3;4-6H2,1-3H3/b11-6+;. The number of phenols is 1. The van der Waals surface area contributed by atoms with E-state index in [0.29, 0.717) is 19.3 Å². The lowest BCUT2D eigenvalue weighted by Crippen LogP contribution is -2.12. The molecule has 1 aromatic carbocycles. The Morgan fingerprint density at radius 1 is 1.29 bits per heavy atom. The van der Waals surface area contributed by atoms with Crippen LogP contribution in [0.2, 0.25) is 0 Å². The fourth-order valence-electron chi connectivity index (χ4n) is 1.62. The Balaban J connectivity index is 0.000000887. The molecule has 0 aromatic heterocycles. The van der Waals surface area contributed by atoms with Crippen LogP contribution in [0.3, 0.4) is 0 Å². The second-order valence-electron chi connectivity index (χ2n) is 5.87. The molecule has 2 N–H and O–H groups in total. The van der Waals surface area contributed by atoms with E-state index in [1.807, 2.05) is 0 Å². The van der Waals surface area contributed by atoms with Crippen LogP contribution in [0.1, 0.15) is 32.3 Å². The third-order valence-electron chi connectivity index (χ3n) is 3.02. The lowest BCUT2D eigenvalue weighted by Gasteiger charge is -2.11. The van der Waals surface area contributed by atoms with E-state index in [1.165, 1.54) is 25.5 Å². The zero-order chi connectivity index (χ0) is 21.9. The molecule has 0 amide bonds. The van der Waals surface area contributed by atoms with Gasteiger partial charge in [0.25, 0.3) is 0 Å². The van der Waals surface area contributed by atoms with Crippen molar-refractivity contribution in [1.82, 2.24) is 4.90 Å². The van der Waals surface area contributed by atoms with Crippen molar-refractivity contribution >= 4 is 52.6 Å². The van der Waals surface area contributed by atoms with Gasteiger partial charge in [-0.2, -0.15) is 13.2 Å². The van der Waals surface area contributed by atoms with Crippen LogP contribution in [0, 0.1) is 0 Å². The number of thioether (sulfide) groups is 1. The van der Waals surface area contributed by atoms with E-state index in [-0.39, 0.29) is 0 Å². The third kappa shape index (κ3) is 12.0. The van der Waals surface area contributed by atoms with Gasteiger partial charge in [0.05, 0.1) is 14.2 Å². The van der Waals surface area contributed by atoms with Gasteiger partial charge in [0, 0.05) is 16.8 Å². The molecule has 0 fully saturated rings. The average molecular weight is 477 g/mol. The highest BCUT2D eigenvalue weighted by atomic mass is 35.5. The number of phenolic OH excluding ortho intramolecular Hbond substituents is 1. The van der Waals surface area contributed by atoms with Crippen LogP contribution < -0.4 is 4.72 Å². The SMILES string of the molecule is C=C(SNc1ccc(C(F)(F)F)c(O)c1)S/C(Cl)=C(\C)Cl.CCCCN(C)C. The molecule has 160 valence electrons. The van der Waals surface area contributed by atoms with Crippen molar-refractivity contribution in [3.63, 3.8) is 0 Å². The fraction of sp³-hybridized carbons (Fsp3) is 0.444. The van der Waals surface area contributed by atoms with Crippen LogP contribution in [-0.2, 0) is 6.18 Å². The van der Waals surface area contributed by atoms with Gasteiger partial charge in [0.15, 0.2) is 0 Å². The molecular formula is C18H25Cl2F3N2OS2. The number of alkyl halides is 3. The molecule has 0 unspecified atom stereocenters. The van der Waals surface area contributed by atoms with E-state index in [4.69, 9.17) is 23.2 Å². The molecule has 3 nitrogen and oxygen atoms in total. The number of hydrogen-bond donors (Lipinski definition) is 2. The first-order valence-electron chi connectivity index (χ1n) is 8.24. The van der Waals surface area contributed by atoms with Crippen LogP contribution in [0.5, 0.6) is 5.75 Å². The molecule has 0 saturated carbocycles. The number of halogens is 5. The Morgan fingerprint density at radius 2 is 1.89 bits per heavy atom. The fourth-order valence-corrected chi connectivity index (χ4v) is 3.39. The van der Waals surface area contributed by atoms with E-state index in [1.54, 1.807) is 6.92 Å². The van der Waals surface area contributed by atoms with Crippen molar-refractivity contribution in [1.29, 1.82) is 0 Å². The van der Waals surface area contributed by atoms with Crippen LogP contribution in [0.15, 0.2) is 38.4 Å². The van der Waals surface area contributed by atoms with E-state index in [0.717, 1.165) is 35.8 Å². The third-order valence-corrected chi connectivity index (χ3v) is 5.71. The lowest BCUT2D eigenvalue weighted by molar-refractivity contribution is -0.138. The van der Waals surface area contributed by atoms with Gasteiger partial charge in [-0.15, -0.1) is 0 Å². The Kier molecular flexibility index (Phi) is 13.2. The number of nitrogens with one attached hydrogen (secondary N) is 1. The molecule has 0 radical (unpaired) electrons. The Hall–Kier alpha value is -0.670. The summed E-state index contributed by atoms with van der Waals surface area (Å²) in [6.07, 6.45) is -1.96. The maximum absolute atomic E-state index is 12.5. The summed E-state index contributed by atoms with van der Waals surface area (Å²) in [5.74, 6) is -0.846. The Bertz CT molecular complexity index is 665. The molecule has 0 saturated heterocycles. The summed E-state index contributed by atoms with van der Waals surface area (Å²) in [6, 6.07) is 2.99. The number of hydrogen-bond acceptors (Lipinski definition) is 5. The van der Waals surface area contributed by atoms with Gasteiger partial charge in [0.2, 0.25) is 0 Å². The van der Waals surface area contributed by atoms with E-state index in [2.05, 4.69) is 37.2 Å². The number of allylic oxidation sites excluding steroid dienone is 1. The first kappa shape index (κ1) is 27.3. The second-order valence-corrected chi connectivity index (χ2v) is 9.31. The molecule has 0 heterocycles. The number of anilines is 1. The minimum absolute atomic E-state index is 0.301. The highest BCUT2D eigenvalue weighted by molar-refractivity contribution is 8.25. The zero-order valence-electron chi connectivity index (χ0n) is 16.2. The number of rotatable bonds is 8. The smallest absolute Gasteiger partial charge is 0.419 e. The molecule has 28 heavy (non-hydrogen) atoms. The van der Waals surface area contributed by atoms with Gasteiger partial charge >= 0.3 is 6.18 Å². The van der Waals surface area contributed by atoms with Gasteiger partial charge in [-0.3, -0.25) is 0 Å². The summed E-state index contributed by atoms with van der Waals surface area (Å²) in [5.41, 5.74) is -0.787. The zero-order valence-corrected chi connectivity index (χ0v) is 19.3. The summed E-state index contributed by atoms with van der Waals surface area (Å²) in [5, 5.41) is 9.78. The normalized spacial score (nSPS) is 12.2. The highest BCUT2D eigenvalue weighted by Crippen LogP contribution is 2.40. The number of aromatic hydroxyl groups is 1. The lowest BCUT2D eigenvalue weighted by atomic mass is 10.2. The summed E-state index contributed by atoms with van der Waals surface area (Å²) in [4.78, 5) is 2.21. The summed E-state index contributed by atoms with van der Waals surface area (Å²) < 4.78 is 41.1. The highest BCUT2D eigenvalue weighted by Gasteiger charge is 2.33. The van der Waals surface area contributed by atoms with E-state index < -0.39 is 17.5 Å². The number of benzene rings is 1. The molecule has 0 spiro atoms. The predicted molar refractivity (Wildman–Crippen MR) is 119 cm³/mol. The van der Waals surface area contributed by atoms with E-state index >= 15 is 0 Å². The first-order valence-corrected chi connectivity index (χ1v) is 10.6. The quantitative estimate of drug-likeness (QED) is 0.375. The van der Waals surface area contributed by atoms with Crippen molar-refractivity contribution in [2.24, 2.45) is 0 Å². The minimum Gasteiger partial charge on any atom is -0.507 e.